The lowest BCUT2D eigenvalue weighted by molar-refractivity contribution is 0.184. The van der Waals surface area contributed by atoms with E-state index in [9.17, 15) is 13.2 Å². The summed E-state index contributed by atoms with van der Waals surface area (Å²) in [7, 11) is 0. The fourth-order valence-corrected chi connectivity index (χ4v) is 0.903. The van der Waals surface area contributed by atoms with Gasteiger partial charge >= 0.3 is 0 Å². The third-order valence-corrected chi connectivity index (χ3v) is 1.55. The standard InChI is InChI=1S/C7H4ClF3O/c8-6-4(10)1-2-5(11)7(6)12-3-9/h1-2H,3H2. The zero-order valence-corrected chi connectivity index (χ0v) is 6.54. The Kier molecular flexibility index (Phi) is 2.81. The lowest BCUT2D eigenvalue weighted by Crippen LogP contribution is -1.95. The van der Waals surface area contributed by atoms with Gasteiger partial charge in [-0.05, 0) is 12.1 Å². The van der Waals surface area contributed by atoms with Gasteiger partial charge in [0.05, 0.1) is 0 Å². The minimum absolute atomic E-state index is 0.548. The maximum atomic E-state index is 12.7. The molecule has 0 fully saturated rings. The van der Waals surface area contributed by atoms with E-state index in [0.29, 0.717) is 0 Å². The molecule has 0 aromatic heterocycles. The summed E-state index contributed by atoms with van der Waals surface area (Å²) >= 11 is 5.27. The third kappa shape index (κ3) is 1.64. The third-order valence-electron chi connectivity index (χ3n) is 1.20. The minimum atomic E-state index is -1.25. The second-order valence-corrected chi connectivity index (χ2v) is 2.30. The zero-order valence-electron chi connectivity index (χ0n) is 5.78. The molecule has 66 valence electrons. The van der Waals surface area contributed by atoms with Crippen LogP contribution in [-0.2, 0) is 0 Å². The first-order chi connectivity index (χ1) is 5.66. The fourth-order valence-electron chi connectivity index (χ4n) is 0.695. The van der Waals surface area contributed by atoms with Crippen LogP contribution in [0.25, 0.3) is 0 Å². The number of hydrogen-bond donors (Lipinski definition) is 0. The highest BCUT2D eigenvalue weighted by Gasteiger charge is 2.12. The second-order valence-electron chi connectivity index (χ2n) is 1.93. The normalized spacial score (nSPS) is 10.0. The van der Waals surface area contributed by atoms with E-state index in [2.05, 4.69) is 4.74 Å². The molecule has 0 bridgehead atoms. The Morgan fingerprint density at radius 2 is 1.83 bits per heavy atom. The molecule has 0 amide bonds. The summed E-state index contributed by atoms with van der Waals surface area (Å²) in [6, 6.07) is 1.65. The molecule has 12 heavy (non-hydrogen) atoms. The van der Waals surface area contributed by atoms with Crippen LogP contribution in [-0.4, -0.2) is 6.86 Å². The Morgan fingerprint density at radius 3 is 2.42 bits per heavy atom. The molecule has 0 aliphatic carbocycles. The van der Waals surface area contributed by atoms with Gasteiger partial charge < -0.3 is 4.74 Å². The lowest BCUT2D eigenvalue weighted by atomic mass is 10.3. The van der Waals surface area contributed by atoms with Gasteiger partial charge in [-0.2, -0.15) is 0 Å². The lowest BCUT2D eigenvalue weighted by Gasteiger charge is -2.04. The van der Waals surface area contributed by atoms with Gasteiger partial charge in [-0.15, -0.1) is 0 Å². The van der Waals surface area contributed by atoms with Crippen molar-refractivity contribution in [3.63, 3.8) is 0 Å². The molecule has 1 nitrogen and oxygen atoms in total. The molecule has 0 aliphatic rings. The minimum Gasteiger partial charge on any atom is -0.458 e. The maximum Gasteiger partial charge on any atom is 0.228 e. The molecule has 0 spiro atoms. The predicted molar refractivity (Wildman–Crippen MR) is 38.0 cm³/mol. The topological polar surface area (TPSA) is 9.23 Å². The van der Waals surface area contributed by atoms with E-state index in [-0.39, 0.29) is 0 Å². The van der Waals surface area contributed by atoms with E-state index in [1.165, 1.54) is 0 Å². The molecule has 0 radical (unpaired) electrons. The smallest absolute Gasteiger partial charge is 0.228 e. The molecule has 1 rings (SSSR count). The van der Waals surface area contributed by atoms with E-state index in [4.69, 9.17) is 11.6 Å². The number of benzene rings is 1. The van der Waals surface area contributed by atoms with Crippen LogP contribution in [0.15, 0.2) is 12.1 Å². The van der Waals surface area contributed by atoms with Gasteiger partial charge in [0.25, 0.3) is 0 Å². The number of ether oxygens (including phenoxy) is 1. The van der Waals surface area contributed by atoms with Crippen LogP contribution in [0.4, 0.5) is 13.2 Å². The summed E-state index contributed by atoms with van der Waals surface area (Å²) in [5, 5.41) is -0.548. The average molecular weight is 197 g/mol. The summed E-state index contributed by atoms with van der Waals surface area (Å²) in [5.74, 6) is -2.33. The summed E-state index contributed by atoms with van der Waals surface area (Å²) in [6.45, 7) is -1.25. The van der Waals surface area contributed by atoms with Crippen LogP contribution < -0.4 is 4.74 Å². The van der Waals surface area contributed by atoms with Crippen molar-refractivity contribution in [1.29, 1.82) is 0 Å². The van der Waals surface area contributed by atoms with Crippen molar-refractivity contribution < 1.29 is 17.9 Å². The molecule has 0 heterocycles. The van der Waals surface area contributed by atoms with Gasteiger partial charge in [0.2, 0.25) is 6.86 Å². The second kappa shape index (κ2) is 3.67. The molecule has 1 aromatic rings. The molecule has 0 saturated carbocycles. The molecular formula is C7H4ClF3O. The number of hydrogen-bond acceptors (Lipinski definition) is 1. The summed E-state index contributed by atoms with van der Waals surface area (Å²) in [5.41, 5.74) is 0. The SMILES string of the molecule is FCOc1c(F)ccc(F)c1Cl. The number of halogens is 4. The Bertz CT molecular complexity index is 290. The average Bonchev–Trinajstić information content (AvgIpc) is 2.06. The van der Waals surface area contributed by atoms with Crippen molar-refractivity contribution in [3.8, 4) is 5.75 Å². The highest BCUT2D eigenvalue weighted by Crippen LogP contribution is 2.29. The van der Waals surface area contributed by atoms with Gasteiger partial charge in [0.15, 0.2) is 11.6 Å². The summed E-state index contributed by atoms with van der Waals surface area (Å²) < 4.78 is 41.0. The first kappa shape index (κ1) is 9.19. The van der Waals surface area contributed by atoms with E-state index in [0.717, 1.165) is 12.1 Å². The molecule has 0 N–H and O–H groups in total. The molecular weight excluding hydrogens is 193 g/mol. The van der Waals surface area contributed by atoms with Crippen molar-refractivity contribution in [3.05, 3.63) is 28.8 Å². The molecule has 0 saturated heterocycles. The molecule has 5 heteroatoms. The van der Waals surface area contributed by atoms with Crippen molar-refractivity contribution in [1.82, 2.24) is 0 Å². The molecule has 0 aliphatic heterocycles. The van der Waals surface area contributed by atoms with E-state index in [1.54, 1.807) is 0 Å². The fraction of sp³-hybridized carbons (Fsp3) is 0.143. The van der Waals surface area contributed by atoms with Crippen LogP contribution in [0, 0.1) is 11.6 Å². The molecule has 0 unspecified atom stereocenters. The Morgan fingerprint density at radius 1 is 1.25 bits per heavy atom. The Labute approximate surface area is 71.7 Å². The molecule has 0 atom stereocenters. The highest BCUT2D eigenvalue weighted by molar-refractivity contribution is 6.32. The highest BCUT2D eigenvalue weighted by atomic mass is 35.5. The van der Waals surface area contributed by atoms with E-state index < -0.39 is 29.3 Å². The van der Waals surface area contributed by atoms with Crippen LogP contribution in [0.5, 0.6) is 5.75 Å². The first-order valence-electron chi connectivity index (χ1n) is 2.99. The van der Waals surface area contributed by atoms with Crippen molar-refractivity contribution in [2.45, 2.75) is 0 Å². The Hall–Kier alpha value is -0.900. The summed E-state index contributed by atoms with van der Waals surface area (Å²) in [6.07, 6.45) is 0. The number of alkyl halides is 1. The van der Waals surface area contributed by atoms with Crippen LogP contribution >= 0.6 is 11.6 Å². The van der Waals surface area contributed by atoms with Gasteiger partial charge in [0.1, 0.15) is 10.8 Å². The van der Waals surface area contributed by atoms with E-state index in [1.807, 2.05) is 0 Å². The first-order valence-corrected chi connectivity index (χ1v) is 3.37. The van der Waals surface area contributed by atoms with Gasteiger partial charge in [0, 0.05) is 0 Å². The van der Waals surface area contributed by atoms with Crippen LogP contribution in [0.2, 0.25) is 5.02 Å². The maximum absolute atomic E-state index is 12.7. The largest absolute Gasteiger partial charge is 0.458 e. The summed E-state index contributed by atoms with van der Waals surface area (Å²) in [4.78, 5) is 0. The number of rotatable bonds is 2. The van der Waals surface area contributed by atoms with Gasteiger partial charge in [-0.3, -0.25) is 0 Å². The zero-order chi connectivity index (χ0) is 9.14. The van der Waals surface area contributed by atoms with Crippen molar-refractivity contribution in [2.24, 2.45) is 0 Å². The van der Waals surface area contributed by atoms with Gasteiger partial charge in [-0.1, -0.05) is 11.6 Å². The van der Waals surface area contributed by atoms with E-state index >= 15 is 0 Å². The van der Waals surface area contributed by atoms with Crippen molar-refractivity contribution in [2.75, 3.05) is 6.86 Å². The van der Waals surface area contributed by atoms with Crippen LogP contribution in [0.3, 0.4) is 0 Å². The van der Waals surface area contributed by atoms with Crippen molar-refractivity contribution >= 4 is 11.6 Å². The predicted octanol–water partition coefficient (Wildman–Crippen LogP) is 2.92. The monoisotopic (exact) mass is 196 g/mol. The Balaban J connectivity index is 3.14. The van der Waals surface area contributed by atoms with Crippen LogP contribution in [0.1, 0.15) is 0 Å². The van der Waals surface area contributed by atoms with Gasteiger partial charge in [-0.25, -0.2) is 13.2 Å². The quantitative estimate of drug-likeness (QED) is 0.661. The molecule has 1 aromatic carbocycles.